The minimum Gasteiger partial charge on any atom is -0.377 e. The summed E-state index contributed by atoms with van der Waals surface area (Å²) in [5, 5.41) is 0. The van der Waals surface area contributed by atoms with E-state index in [0.717, 1.165) is 26.0 Å². The first kappa shape index (κ1) is 15.4. The van der Waals surface area contributed by atoms with Gasteiger partial charge in [-0.1, -0.05) is 13.0 Å². The average molecular weight is 277 g/mol. The van der Waals surface area contributed by atoms with Gasteiger partial charge in [0.05, 0.1) is 12.1 Å². The van der Waals surface area contributed by atoms with Crippen molar-refractivity contribution in [3.8, 4) is 0 Å². The summed E-state index contributed by atoms with van der Waals surface area (Å²) in [4.78, 5) is 6.57. The van der Waals surface area contributed by atoms with E-state index in [2.05, 4.69) is 29.9 Å². The van der Waals surface area contributed by atoms with Crippen LogP contribution in [0.4, 0.5) is 0 Å². The van der Waals surface area contributed by atoms with Gasteiger partial charge in [0.15, 0.2) is 0 Å². The fraction of sp³-hybridized carbons (Fsp3) is 0.688. The van der Waals surface area contributed by atoms with Crippen molar-refractivity contribution in [1.82, 2.24) is 9.88 Å². The number of hydrogen-bond donors (Lipinski definition) is 1. The van der Waals surface area contributed by atoms with Crippen molar-refractivity contribution in [1.29, 1.82) is 0 Å². The second-order valence-electron chi connectivity index (χ2n) is 5.73. The van der Waals surface area contributed by atoms with Gasteiger partial charge in [-0.15, -0.1) is 0 Å². The summed E-state index contributed by atoms with van der Waals surface area (Å²) in [6.45, 7) is 3.97. The quantitative estimate of drug-likeness (QED) is 0.867. The number of likely N-dealkylation sites (N-methyl/N-ethyl adjacent to an activating group) is 1. The van der Waals surface area contributed by atoms with Gasteiger partial charge in [-0.2, -0.15) is 0 Å². The molecule has 0 amide bonds. The first-order valence-corrected chi connectivity index (χ1v) is 7.69. The molecule has 2 rings (SSSR count). The van der Waals surface area contributed by atoms with Crippen molar-refractivity contribution in [3.05, 3.63) is 30.1 Å². The molecule has 1 aromatic rings. The zero-order valence-electron chi connectivity index (χ0n) is 12.7. The van der Waals surface area contributed by atoms with Crippen LogP contribution in [0.2, 0.25) is 0 Å². The Bertz CT molecular complexity index is 379. The van der Waals surface area contributed by atoms with Crippen LogP contribution in [-0.2, 0) is 4.74 Å². The van der Waals surface area contributed by atoms with Gasteiger partial charge in [-0.3, -0.25) is 9.88 Å². The largest absolute Gasteiger partial charge is 0.377 e. The highest BCUT2D eigenvalue weighted by molar-refractivity contribution is 5.16. The third kappa shape index (κ3) is 4.01. The van der Waals surface area contributed by atoms with E-state index in [-0.39, 0.29) is 12.1 Å². The van der Waals surface area contributed by atoms with Crippen molar-refractivity contribution < 1.29 is 4.74 Å². The first-order chi connectivity index (χ1) is 9.72. The van der Waals surface area contributed by atoms with E-state index >= 15 is 0 Å². The lowest BCUT2D eigenvalue weighted by Crippen LogP contribution is -2.43. The van der Waals surface area contributed by atoms with E-state index in [1.165, 1.54) is 18.4 Å². The summed E-state index contributed by atoms with van der Waals surface area (Å²) in [5.74, 6) is 0. The molecule has 4 heteroatoms. The minimum absolute atomic E-state index is 0.118. The third-order valence-corrected chi connectivity index (χ3v) is 4.14. The number of hydrogen-bond acceptors (Lipinski definition) is 4. The van der Waals surface area contributed by atoms with Crippen LogP contribution in [0.15, 0.2) is 24.5 Å². The van der Waals surface area contributed by atoms with Gasteiger partial charge in [-0.25, -0.2) is 0 Å². The van der Waals surface area contributed by atoms with Gasteiger partial charge in [-0.05, 0) is 44.4 Å². The van der Waals surface area contributed by atoms with Crippen LogP contribution in [0.25, 0.3) is 0 Å². The molecule has 1 aromatic heterocycles. The SMILES string of the molecule is CCC(N)C(c1cccnc1)N(C)CC1CCCCO1. The zero-order valence-corrected chi connectivity index (χ0v) is 12.7. The Balaban J connectivity index is 2.05. The van der Waals surface area contributed by atoms with Crippen LogP contribution in [0.3, 0.4) is 0 Å². The van der Waals surface area contributed by atoms with Gasteiger partial charge < -0.3 is 10.5 Å². The molecule has 0 aromatic carbocycles. The Morgan fingerprint density at radius 2 is 2.35 bits per heavy atom. The molecule has 0 aliphatic carbocycles. The van der Waals surface area contributed by atoms with Gasteiger partial charge in [0.2, 0.25) is 0 Å². The second kappa shape index (κ2) is 7.72. The minimum atomic E-state index is 0.118. The molecule has 0 saturated carbocycles. The summed E-state index contributed by atoms with van der Waals surface area (Å²) < 4.78 is 5.85. The van der Waals surface area contributed by atoms with Crippen LogP contribution < -0.4 is 5.73 Å². The maximum atomic E-state index is 6.35. The predicted molar refractivity (Wildman–Crippen MR) is 81.5 cm³/mol. The highest BCUT2D eigenvalue weighted by atomic mass is 16.5. The average Bonchev–Trinajstić information content (AvgIpc) is 2.49. The Hall–Kier alpha value is -0.970. The molecule has 20 heavy (non-hydrogen) atoms. The molecule has 1 aliphatic heterocycles. The molecule has 0 bridgehead atoms. The number of pyridine rings is 1. The van der Waals surface area contributed by atoms with Gasteiger partial charge in [0, 0.05) is 31.6 Å². The van der Waals surface area contributed by atoms with Crippen molar-refractivity contribution in [2.45, 2.75) is 50.8 Å². The predicted octanol–water partition coefficient (Wildman–Crippen LogP) is 2.36. The fourth-order valence-electron chi connectivity index (χ4n) is 2.99. The molecular weight excluding hydrogens is 250 g/mol. The molecule has 1 aliphatic rings. The van der Waals surface area contributed by atoms with Crippen molar-refractivity contribution in [3.63, 3.8) is 0 Å². The molecule has 2 N–H and O–H groups in total. The maximum absolute atomic E-state index is 6.35. The smallest absolute Gasteiger partial charge is 0.0702 e. The van der Waals surface area contributed by atoms with Gasteiger partial charge in [0.25, 0.3) is 0 Å². The number of nitrogens with two attached hydrogens (primary N) is 1. The Morgan fingerprint density at radius 1 is 1.50 bits per heavy atom. The molecule has 112 valence electrons. The standard InChI is InChI=1S/C16H27N3O/c1-3-15(17)16(13-7-6-9-18-11-13)19(2)12-14-8-4-5-10-20-14/h6-7,9,11,14-16H,3-5,8,10,12,17H2,1-2H3. The lowest BCUT2D eigenvalue weighted by molar-refractivity contribution is -0.0104. The molecule has 1 saturated heterocycles. The summed E-state index contributed by atoms with van der Waals surface area (Å²) in [6, 6.07) is 4.42. The Kier molecular flexibility index (Phi) is 5.95. The summed E-state index contributed by atoms with van der Waals surface area (Å²) >= 11 is 0. The highest BCUT2D eigenvalue weighted by Gasteiger charge is 2.26. The number of rotatable bonds is 6. The monoisotopic (exact) mass is 277 g/mol. The Labute approximate surface area is 122 Å². The molecule has 0 spiro atoms. The van der Waals surface area contributed by atoms with Crippen LogP contribution in [0.5, 0.6) is 0 Å². The summed E-state index contributed by atoms with van der Waals surface area (Å²) in [7, 11) is 2.14. The Morgan fingerprint density at radius 3 is 2.95 bits per heavy atom. The molecule has 2 heterocycles. The molecule has 3 atom stereocenters. The molecule has 0 radical (unpaired) electrons. The summed E-state index contributed by atoms with van der Waals surface area (Å²) in [5.41, 5.74) is 7.54. The van der Waals surface area contributed by atoms with E-state index < -0.39 is 0 Å². The van der Waals surface area contributed by atoms with Crippen molar-refractivity contribution in [2.75, 3.05) is 20.2 Å². The van der Waals surface area contributed by atoms with E-state index in [0.29, 0.717) is 6.10 Å². The second-order valence-corrected chi connectivity index (χ2v) is 5.73. The molecular formula is C16H27N3O. The normalized spacial score (nSPS) is 22.7. The highest BCUT2D eigenvalue weighted by Crippen LogP contribution is 2.25. The van der Waals surface area contributed by atoms with Crippen LogP contribution >= 0.6 is 0 Å². The van der Waals surface area contributed by atoms with Gasteiger partial charge in [0.1, 0.15) is 0 Å². The van der Waals surface area contributed by atoms with Crippen molar-refractivity contribution in [2.24, 2.45) is 5.73 Å². The number of nitrogens with zero attached hydrogens (tertiary/aromatic N) is 2. The van der Waals surface area contributed by atoms with E-state index in [4.69, 9.17) is 10.5 Å². The van der Waals surface area contributed by atoms with Gasteiger partial charge >= 0.3 is 0 Å². The molecule has 3 unspecified atom stereocenters. The lowest BCUT2D eigenvalue weighted by Gasteiger charge is -2.35. The van der Waals surface area contributed by atoms with Crippen LogP contribution in [-0.4, -0.2) is 42.2 Å². The van der Waals surface area contributed by atoms with E-state index in [1.807, 2.05) is 18.5 Å². The molecule has 1 fully saturated rings. The van der Waals surface area contributed by atoms with Crippen molar-refractivity contribution >= 4 is 0 Å². The number of ether oxygens (including phenoxy) is 1. The first-order valence-electron chi connectivity index (χ1n) is 7.69. The zero-order chi connectivity index (χ0) is 14.4. The maximum Gasteiger partial charge on any atom is 0.0702 e. The third-order valence-electron chi connectivity index (χ3n) is 4.14. The van der Waals surface area contributed by atoms with Crippen LogP contribution in [0, 0.1) is 0 Å². The topological polar surface area (TPSA) is 51.4 Å². The summed E-state index contributed by atoms with van der Waals surface area (Å²) in [6.07, 6.45) is 8.66. The fourth-order valence-corrected chi connectivity index (χ4v) is 2.99. The van der Waals surface area contributed by atoms with E-state index in [9.17, 15) is 0 Å². The van der Waals surface area contributed by atoms with Crippen LogP contribution in [0.1, 0.15) is 44.2 Å². The lowest BCUT2D eigenvalue weighted by atomic mass is 9.97. The molecule has 4 nitrogen and oxygen atoms in total. The number of aromatic nitrogens is 1. The van der Waals surface area contributed by atoms with E-state index in [1.54, 1.807) is 0 Å².